The molecule has 2 heterocycles. The van der Waals surface area contributed by atoms with Crippen molar-refractivity contribution in [2.75, 3.05) is 7.11 Å². The monoisotopic (exact) mass is 276 g/mol. The first-order valence-corrected chi connectivity index (χ1v) is 5.71. The van der Waals surface area contributed by atoms with Gasteiger partial charge in [-0.1, -0.05) is 0 Å². The van der Waals surface area contributed by atoms with Gasteiger partial charge in [0.2, 0.25) is 0 Å². The minimum absolute atomic E-state index is 0.105. The molecule has 0 spiro atoms. The minimum atomic E-state index is -0.628. The Bertz CT molecular complexity index is 760. The number of hydrogen-bond donors (Lipinski definition) is 1. The van der Waals surface area contributed by atoms with Gasteiger partial charge in [0.05, 0.1) is 19.3 Å². The van der Waals surface area contributed by atoms with Gasteiger partial charge in [0.25, 0.3) is 11.1 Å². The summed E-state index contributed by atoms with van der Waals surface area (Å²) in [6, 6.07) is 5.20. The highest BCUT2D eigenvalue weighted by molar-refractivity contribution is 5.88. The Labute approximate surface area is 113 Å². The summed E-state index contributed by atoms with van der Waals surface area (Å²) in [4.78, 5) is 35.0. The molecule has 0 fully saturated rings. The van der Waals surface area contributed by atoms with Crippen LogP contribution in [-0.2, 0) is 11.3 Å². The average Bonchev–Trinajstić information content (AvgIpc) is 2.46. The van der Waals surface area contributed by atoms with Crippen LogP contribution in [-0.4, -0.2) is 27.5 Å². The van der Waals surface area contributed by atoms with Crippen molar-refractivity contribution in [3.8, 4) is 0 Å². The van der Waals surface area contributed by atoms with Crippen molar-refractivity contribution in [1.29, 1.82) is 0 Å². The number of nitrogens with zero attached hydrogens (tertiary/aromatic N) is 2. The Kier molecular flexibility index (Phi) is 3.81. The molecule has 0 bridgehead atoms. The molecular weight excluding hydrogens is 264 g/mol. The molecule has 7 heteroatoms. The summed E-state index contributed by atoms with van der Waals surface area (Å²) in [5.41, 5.74) is -0.463. The molecule has 2 aromatic rings. The molecule has 104 valence electrons. The first-order valence-electron chi connectivity index (χ1n) is 5.71. The average molecular weight is 276 g/mol. The zero-order valence-corrected chi connectivity index (χ0v) is 10.6. The SMILES string of the molecule is COC(=O)c1ccn(-n2ccc(CO)cc2=O)c(=O)c1. The molecule has 0 aliphatic heterocycles. The molecule has 0 amide bonds. The van der Waals surface area contributed by atoms with E-state index in [-0.39, 0.29) is 12.2 Å². The van der Waals surface area contributed by atoms with Crippen molar-refractivity contribution in [2.24, 2.45) is 0 Å². The number of pyridine rings is 2. The lowest BCUT2D eigenvalue weighted by Crippen LogP contribution is -2.34. The number of hydrogen-bond acceptors (Lipinski definition) is 5. The normalized spacial score (nSPS) is 10.3. The number of carbonyl (C=O) groups is 1. The molecule has 20 heavy (non-hydrogen) atoms. The van der Waals surface area contributed by atoms with E-state index in [1.807, 2.05) is 0 Å². The van der Waals surface area contributed by atoms with E-state index in [0.29, 0.717) is 5.56 Å². The summed E-state index contributed by atoms with van der Waals surface area (Å²) in [5, 5.41) is 8.93. The van der Waals surface area contributed by atoms with Crippen LogP contribution in [0.5, 0.6) is 0 Å². The summed E-state index contributed by atoms with van der Waals surface area (Å²) < 4.78 is 6.63. The lowest BCUT2D eigenvalue weighted by atomic mass is 10.3. The van der Waals surface area contributed by atoms with E-state index in [1.165, 1.54) is 37.7 Å². The van der Waals surface area contributed by atoms with Crippen molar-refractivity contribution >= 4 is 5.97 Å². The maximum absolute atomic E-state index is 11.9. The molecule has 2 aromatic heterocycles. The fourth-order valence-electron chi connectivity index (χ4n) is 1.68. The largest absolute Gasteiger partial charge is 0.465 e. The van der Waals surface area contributed by atoms with Gasteiger partial charge in [0.1, 0.15) is 0 Å². The lowest BCUT2D eigenvalue weighted by Gasteiger charge is -2.09. The molecule has 0 saturated carbocycles. The number of aliphatic hydroxyl groups is 1. The molecule has 0 aromatic carbocycles. The van der Waals surface area contributed by atoms with Crippen molar-refractivity contribution in [1.82, 2.24) is 9.35 Å². The molecule has 0 aliphatic carbocycles. The minimum Gasteiger partial charge on any atom is -0.465 e. The number of rotatable bonds is 3. The van der Waals surface area contributed by atoms with Gasteiger partial charge in [-0.15, -0.1) is 0 Å². The summed E-state index contributed by atoms with van der Waals surface area (Å²) in [6.45, 7) is -0.258. The van der Waals surface area contributed by atoms with Crippen molar-refractivity contribution in [3.63, 3.8) is 0 Å². The van der Waals surface area contributed by atoms with Gasteiger partial charge in [0.15, 0.2) is 0 Å². The maximum atomic E-state index is 11.9. The first kappa shape index (κ1) is 13.8. The third kappa shape index (κ3) is 2.52. The summed E-state index contributed by atoms with van der Waals surface area (Å²) in [6.07, 6.45) is 2.67. The van der Waals surface area contributed by atoms with Gasteiger partial charge in [0, 0.05) is 24.5 Å². The highest BCUT2D eigenvalue weighted by Gasteiger charge is 2.08. The molecule has 7 nitrogen and oxygen atoms in total. The maximum Gasteiger partial charge on any atom is 0.338 e. The van der Waals surface area contributed by atoms with Gasteiger partial charge in [-0.3, -0.25) is 9.59 Å². The number of aliphatic hydroxyl groups excluding tert-OH is 1. The van der Waals surface area contributed by atoms with E-state index in [4.69, 9.17) is 5.11 Å². The van der Waals surface area contributed by atoms with Crippen LogP contribution < -0.4 is 11.1 Å². The molecule has 0 unspecified atom stereocenters. The lowest BCUT2D eigenvalue weighted by molar-refractivity contribution is 0.0600. The van der Waals surface area contributed by atoms with E-state index in [1.54, 1.807) is 0 Å². The number of esters is 1. The van der Waals surface area contributed by atoms with Crippen molar-refractivity contribution in [3.05, 3.63) is 68.5 Å². The second-order valence-corrected chi connectivity index (χ2v) is 3.97. The molecule has 0 aliphatic rings. The Hall–Kier alpha value is -2.67. The van der Waals surface area contributed by atoms with Crippen LogP contribution in [0.15, 0.2) is 46.2 Å². The zero-order valence-electron chi connectivity index (χ0n) is 10.6. The Morgan fingerprint density at radius 2 is 1.75 bits per heavy atom. The van der Waals surface area contributed by atoms with Crippen LogP contribution in [0.1, 0.15) is 15.9 Å². The molecule has 0 saturated heterocycles. The Morgan fingerprint density at radius 1 is 1.15 bits per heavy atom. The van der Waals surface area contributed by atoms with Crippen LogP contribution in [0.2, 0.25) is 0 Å². The second-order valence-electron chi connectivity index (χ2n) is 3.97. The summed E-state index contributed by atoms with van der Waals surface area (Å²) in [7, 11) is 1.21. The third-order valence-corrected chi connectivity index (χ3v) is 2.70. The van der Waals surface area contributed by atoms with Crippen molar-refractivity contribution in [2.45, 2.75) is 6.61 Å². The number of ether oxygens (including phenoxy) is 1. The summed E-state index contributed by atoms with van der Waals surface area (Å²) in [5.74, 6) is -0.628. The van der Waals surface area contributed by atoms with Gasteiger partial charge < -0.3 is 9.84 Å². The van der Waals surface area contributed by atoms with Crippen LogP contribution in [0.4, 0.5) is 0 Å². The second kappa shape index (κ2) is 5.54. The van der Waals surface area contributed by atoms with Crippen LogP contribution >= 0.6 is 0 Å². The summed E-state index contributed by atoms with van der Waals surface area (Å²) >= 11 is 0. The Balaban J connectivity index is 2.52. The standard InChI is InChI=1S/C13H12N2O5/c1-20-13(19)10-3-5-15(12(18)7-10)14-4-2-9(8-16)6-11(14)17/h2-7,16H,8H2,1H3. The highest BCUT2D eigenvalue weighted by Crippen LogP contribution is 1.98. The molecule has 1 N–H and O–H groups in total. The number of carbonyl (C=O) groups excluding carboxylic acids is 1. The van der Waals surface area contributed by atoms with Gasteiger partial charge in [-0.25, -0.2) is 14.1 Å². The van der Waals surface area contributed by atoms with Crippen LogP contribution in [0.25, 0.3) is 0 Å². The first-order chi connectivity index (χ1) is 9.56. The Morgan fingerprint density at radius 3 is 2.25 bits per heavy atom. The van der Waals surface area contributed by atoms with Gasteiger partial charge in [-0.05, 0) is 17.7 Å². The quantitative estimate of drug-likeness (QED) is 0.770. The number of methoxy groups -OCH3 is 1. The van der Waals surface area contributed by atoms with Crippen LogP contribution in [0.3, 0.4) is 0 Å². The van der Waals surface area contributed by atoms with E-state index in [0.717, 1.165) is 15.4 Å². The highest BCUT2D eigenvalue weighted by atomic mass is 16.5. The van der Waals surface area contributed by atoms with E-state index in [9.17, 15) is 14.4 Å². The predicted molar refractivity (Wildman–Crippen MR) is 69.5 cm³/mol. The van der Waals surface area contributed by atoms with Crippen molar-refractivity contribution < 1.29 is 14.6 Å². The van der Waals surface area contributed by atoms with Crippen LogP contribution in [0, 0.1) is 0 Å². The molecule has 0 atom stereocenters. The van der Waals surface area contributed by atoms with E-state index >= 15 is 0 Å². The fourth-order valence-corrected chi connectivity index (χ4v) is 1.68. The number of aromatic nitrogens is 2. The zero-order chi connectivity index (χ0) is 14.7. The van der Waals surface area contributed by atoms with Gasteiger partial charge >= 0.3 is 5.97 Å². The van der Waals surface area contributed by atoms with E-state index < -0.39 is 17.1 Å². The predicted octanol–water partition coefficient (Wildman–Crippen LogP) is -0.400. The molecule has 0 radical (unpaired) electrons. The van der Waals surface area contributed by atoms with E-state index in [2.05, 4.69) is 4.74 Å². The topological polar surface area (TPSA) is 90.5 Å². The smallest absolute Gasteiger partial charge is 0.338 e. The fraction of sp³-hybridized carbons (Fsp3) is 0.154. The molecular formula is C13H12N2O5. The molecule has 2 rings (SSSR count). The third-order valence-electron chi connectivity index (χ3n) is 2.70. The van der Waals surface area contributed by atoms with Gasteiger partial charge in [-0.2, -0.15) is 0 Å².